The highest BCUT2D eigenvalue weighted by Crippen LogP contribution is 2.49. The standard InChI is InChI=1S/C15H15N/c1-9-4-2-6-11-12-7-3-5-10-8-13(10)15(12)16-14(9)11/h2-7,10-11,13-14H,8H2,1H3. The molecule has 4 rings (SSSR count). The number of allylic oxidation sites excluding steroid dienone is 5. The van der Waals surface area contributed by atoms with Crippen molar-refractivity contribution in [1.82, 2.24) is 0 Å². The predicted molar refractivity (Wildman–Crippen MR) is 66.4 cm³/mol. The van der Waals surface area contributed by atoms with Crippen LogP contribution in [-0.4, -0.2) is 11.8 Å². The van der Waals surface area contributed by atoms with Gasteiger partial charge in [0.15, 0.2) is 0 Å². The molecular formula is C15H15N. The summed E-state index contributed by atoms with van der Waals surface area (Å²) in [7, 11) is 0. The third kappa shape index (κ3) is 1.03. The Morgan fingerprint density at radius 2 is 2.06 bits per heavy atom. The number of hydrogen-bond donors (Lipinski definition) is 0. The van der Waals surface area contributed by atoms with Crippen LogP contribution in [-0.2, 0) is 0 Å². The average Bonchev–Trinajstić information content (AvgIpc) is 2.96. The highest BCUT2D eigenvalue weighted by atomic mass is 14.9. The molecule has 80 valence electrons. The lowest BCUT2D eigenvalue weighted by atomic mass is 9.85. The van der Waals surface area contributed by atoms with Gasteiger partial charge in [-0.3, -0.25) is 4.99 Å². The summed E-state index contributed by atoms with van der Waals surface area (Å²) in [4.78, 5) is 4.98. The Bertz CT molecular complexity index is 502. The van der Waals surface area contributed by atoms with Crippen molar-refractivity contribution in [2.45, 2.75) is 19.4 Å². The molecule has 16 heavy (non-hydrogen) atoms. The quantitative estimate of drug-likeness (QED) is 0.581. The second kappa shape index (κ2) is 2.85. The van der Waals surface area contributed by atoms with E-state index in [0.717, 1.165) is 11.8 Å². The minimum Gasteiger partial charge on any atom is -0.280 e. The van der Waals surface area contributed by atoms with Gasteiger partial charge in [-0.2, -0.15) is 0 Å². The van der Waals surface area contributed by atoms with Gasteiger partial charge in [0.2, 0.25) is 0 Å². The van der Waals surface area contributed by atoms with E-state index < -0.39 is 0 Å². The van der Waals surface area contributed by atoms with E-state index >= 15 is 0 Å². The first-order chi connectivity index (χ1) is 7.84. The third-order valence-corrected chi connectivity index (χ3v) is 4.24. The maximum atomic E-state index is 4.98. The molecule has 1 aliphatic heterocycles. The first-order valence-corrected chi connectivity index (χ1v) is 6.16. The molecular weight excluding hydrogens is 194 g/mol. The summed E-state index contributed by atoms with van der Waals surface area (Å²) in [5.74, 6) is 2.03. The normalized spacial score (nSPS) is 42.4. The van der Waals surface area contributed by atoms with E-state index in [1.165, 1.54) is 23.3 Å². The molecule has 4 unspecified atom stereocenters. The lowest BCUT2D eigenvalue weighted by Gasteiger charge is -2.19. The van der Waals surface area contributed by atoms with Crippen LogP contribution in [0.25, 0.3) is 0 Å². The second-order valence-corrected chi connectivity index (χ2v) is 5.29. The monoisotopic (exact) mass is 209 g/mol. The van der Waals surface area contributed by atoms with Gasteiger partial charge >= 0.3 is 0 Å². The van der Waals surface area contributed by atoms with Crippen LogP contribution in [0.2, 0.25) is 0 Å². The number of rotatable bonds is 0. The molecule has 1 nitrogen and oxygen atoms in total. The van der Waals surface area contributed by atoms with Crippen molar-refractivity contribution in [1.29, 1.82) is 0 Å². The lowest BCUT2D eigenvalue weighted by Crippen LogP contribution is -2.17. The van der Waals surface area contributed by atoms with Crippen LogP contribution in [0.15, 0.2) is 52.6 Å². The SMILES string of the molecule is CC1=CC=CC2C3=CC=CC4CC4C3=NC12. The second-order valence-electron chi connectivity index (χ2n) is 5.29. The number of fused-ring (bicyclic) bond motifs is 5. The van der Waals surface area contributed by atoms with Crippen molar-refractivity contribution >= 4 is 5.71 Å². The molecule has 0 bridgehead atoms. The minimum atomic E-state index is 0.402. The molecule has 0 aromatic carbocycles. The maximum Gasteiger partial charge on any atom is 0.0816 e. The lowest BCUT2D eigenvalue weighted by molar-refractivity contribution is 0.669. The number of nitrogens with zero attached hydrogens (tertiary/aromatic N) is 1. The van der Waals surface area contributed by atoms with E-state index in [1.807, 2.05) is 0 Å². The van der Waals surface area contributed by atoms with E-state index in [1.54, 1.807) is 0 Å². The van der Waals surface area contributed by atoms with Crippen molar-refractivity contribution in [3.05, 3.63) is 47.6 Å². The Hall–Kier alpha value is -1.37. The fraction of sp³-hybridized carbons (Fsp3) is 0.400. The molecule has 4 atom stereocenters. The number of aliphatic imine (C=N–C) groups is 1. The highest BCUT2D eigenvalue weighted by molar-refractivity contribution is 6.07. The van der Waals surface area contributed by atoms with Gasteiger partial charge < -0.3 is 0 Å². The van der Waals surface area contributed by atoms with Crippen molar-refractivity contribution in [2.24, 2.45) is 22.7 Å². The Morgan fingerprint density at radius 3 is 3.00 bits per heavy atom. The fourth-order valence-electron chi connectivity index (χ4n) is 3.22. The van der Waals surface area contributed by atoms with Gasteiger partial charge in [-0.15, -0.1) is 0 Å². The van der Waals surface area contributed by atoms with Crippen molar-refractivity contribution in [3.63, 3.8) is 0 Å². The molecule has 0 aromatic rings. The largest absolute Gasteiger partial charge is 0.280 e. The Labute approximate surface area is 96.0 Å². The minimum absolute atomic E-state index is 0.402. The van der Waals surface area contributed by atoms with Crippen LogP contribution >= 0.6 is 0 Å². The average molecular weight is 209 g/mol. The molecule has 1 heteroatoms. The summed E-state index contributed by atoms with van der Waals surface area (Å²) < 4.78 is 0. The molecule has 0 spiro atoms. The van der Waals surface area contributed by atoms with Gasteiger partial charge in [-0.05, 0) is 30.4 Å². The summed E-state index contributed by atoms with van der Waals surface area (Å²) in [6.07, 6.45) is 14.9. The summed E-state index contributed by atoms with van der Waals surface area (Å²) in [6.45, 7) is 2.21. The zero-order chi connectivity index (χ0) is 10.7. The van der Waals surface area contributed by atoms with E-state index in [-0.39, 0.29) is 0 Å². The Kier molecular flexibility index (Phi) is 1.56. The van der Waals surface area contributed by atoms with Crippen LogP contribution in [0.4, 0.5) is 0 Å². The van der Waals surface area contributed by atoms with Gasteiger partial charge in [0.1, 0.15) is 0 Å². The number of hydrogen-bond acceptors (Lipinski definition) is 1. The van der Waals surface area contributed by atoms with Gasteiger partial charge in [-0.25, -0.2) is 0 Å². The molecule has 1 fully saturated rings. The summed E-state index contributed by atoms with van der Waals surface area (Å²) in [5.41, 5.74) is 4.30. The first kappa shape index (κ1) is 8.74. The summed E-state index contributed by atoms with van der Waals surface area (Å²) >= 11 is 0. The third-order valence-electron chi connectivity index (χ3n) is 4.24. The molecule has 1 heterocycles. The molecule has 0 amide bonds. The van der Waals surface area contributed by atoms with Gasteiger partial charge in [0.05, 0.1) is 6.04 Å². The zero-order valence-electron chi connectivity index (χ0n) is 9.43. The van der Waals surface area contributed by atoms with Crippen LogP contribution in [0.3, 0.4) is 0 Å². The van der Waals surface area contributed by atoms with Gasteiger partial charge in [-0.1, -0.05) is 36.5 Å². The molecule has 0 radical (unpaired) electrons. The van der Waals surface area contributed by atoms with E-state index in [2.05, 4.69) is 43.4 Å². The molecule has 0 saturated heterocycles. The Balaban J connectivity index is 1.83. The van der Waals surface area contributed by atoms with E-state index in [0.29, 0.717) is 12.0 Å². The van der Waals surface area contributed by atoms with Gasteiger partial charge in [0.25, 0.3) is 0 Å². The van der Waals surface area contributed by atoms with Gasteiger partial charge in [0, 0.05) is 17.5 Å². The molecule has 0 N–H and O–H groups in total. The smallest absolute Gasteiger partial charge is 0.0816 e. The fourth-order valence-corrected chi connectivity index (χ4v) is 3.22. The van der Waals surface area contributed by atoms with Crippen molar-refractivity contribution in [3.8, 4) is 0 Å². The molecule has 0 aromatic heterocycles. The van der Waals surface area contributed by atoms with E-state index in [4.69, 9.17) is 4.99 Å². The van der Waals surface area contributed by atoms with Crippen LogP contribution in [0, 0.1) is 17.8 Å². The summed E-state index contributed by atoms with van der Waals surface area (Å²) in [6, 6.07) is 0.402. The zero-order valence-corrected chi connectivity index (χ0v) is 9.43. The van der Waals surface area contributed by atoms with E-state index in [9.17, 15) is 0 Å². The topological polar surface area (TPSA) is 12.4 Å². The summed E-state index contributed by atoms with van der Waals surface area (Å²) in [5, 5.41) is 0. The van der Waals surface area contributed by atoms with Crippen LogP contribution in [0.5, 0.6) is 0 Å². The molecule has 4 aliphatic rings. The Morgan fingerprint density at radius 1 is 1.19 bits per heavy atom. The van der Waals surface area contributed by atoms with Crippen LogP contribution < -0.4 is 0 Å². The molecule has 1 saturated carbocycles. The van der Waals surface area contributed by atoms with Crippen molar-refractivity contribution in [2.75, 3.05) is 0 Å². The predicted octanol–water partition coefficient (Wildman–Crippen LogP) is 3.07. The highest BCUT2D eigenvalue weighted by Gasteiger charge is 2.46. The van der Waals surface area contributed by atoms with Crippen molar-refractivity contribution < 1.29 is 0 Å². The first-order valence-electron chi connectivity index (χ1n) is 6.16. The maximum absolute atomic E-state index is 4.98. The molecule has 3 aliphatic carbocycles. The van der Waals surface area contributed by atoms with Crippen LogP contribution in [0.1, 0.15) is 13.3 Å².